The van der Waals surface area contributed by atoms with E-state index in [1.165, 1.54) is 0 Å². The SMILES string of the molecule is C[Si](C)(C)ON=NO[Si](C)(C)C. The maximum absolute atomic E-state index is 5.12. The van der Waals surface area contributed by atoms with E-state index < -0.39 is 16.6 Å². The van der Waals surface area contributed by atoms with Crippen molar-refractivity contribution in [3.63, 3.8) is 0 Å². The summed E-state index contributed by atoms with van der Waals surface area (Å²) in [5.41, 5.74) is 0. The van der Waals surface area contributed by atoms with Crippen LogP contribution < -0.4 is 0 Å². The highest BCUT2D eigenvalue weighted by Gasteiger charge is 2.18. The Kier molecular flexibility index (Phi) is 3.91. The first kappa shape index (κ1) is 11.6. The molecular formula is C6H18N2O2Si2. The quantitative estimate of drug-likeness (QED) is 0.403. The molecule has 0 unspecified atom stereocenters. The molecule has 0 aromatic carbocycles. The third kappa shape index (κ3) is 9.63. The van der Waals surface area contributed by atoms with Crippen LogP contribution in [0.15, 0.2) is 10.6 Å². The number of nitrogens with zero attached hydrogens (tertiary/aromatic N) is 2. The second-order valence-corrected chi connectivity index (χ2v) is 13.4. The van der Waals surface area contributed by atoms with Gasteiger partial charge in [-0.3, -0.25) is 0 Å². The van der Waals surface area contributed by atoms with Gasteiger partial charge >= 0.3 is 0 Å². The van der Waals surface area contributed by atoms with E-state index in [1.54, 1.807) is 0 Å². The van der Waals surface area contributed by atoms with Gasteiger partial charge in [-0.2, -0.15) is 0 Å². The smallest absolute Gasteiger partial charge is 0.281 e. The second kappa shape index (κ2) is 4.04. The topological polar surface area (TPSA) is 43.2 Å². The third-order valence-electron chi connectivity index (χ3n) is 0.663. The first-order valence-electron chi connectivity index (χ1n) is 3.97. The zero-order chi connectivity index (χ0) is 9.83. The molecule has 0 fully saturated rings. The van der Waals surface area contributed by atoms with Gasteiger partial charge in [0.05, 0.1) is 0 Å². The van der Waals surface area contributed by atoms with E-state index >= 15 is 0 Å². The van der Waals surface area contributed by atoms with Crippen LogP contribution in [0, 0.1) is 0 Å². The Labute approximate surface area is 76.2 Å². The highest BCUT2D eigenvalue weighted by atomic mass is 28.4. The third-order valence-corrected chi connectivity index (χ3v) is 1.92. The molecule has 0 radical (unpaired) electrons. The summed E-state index contributed by atoms with van der Waals surface area (Å²) in [6.45, 7) is 12.3. The van der Waals surface area contributed by atoms with Crippen molar-refractivity contribution in [2.75, 3.05) is 0 Å². The lowest BCUT2D eigenvalue weighted by Gasteiger charge is -2.13. The monoisotopic (exact) mass is 206 g/mol. The van der Waals surface area contributed by atoms with Crippen molar-refractivity contribution < 1.29 is 9.05 Å². The van der Waals surface area contributed by atoms with Crippen LogP contribution in [0.4, 0.5) is 0 Å². The number of rotatable bonds is 4. The molecule has 4 nitrogen and oxygen atoms in total. The summed E-state index contributed by atoms with van der Waals surface area (Å²) in [6, 6.07) is 0. The molecule has 0 amide bonds. The van der Waals surface area contributed by atoms with E-state index in [4.69, 9.17) is 9.05 Å². The molecule has 0 N–H and O–H groups in total. The van der Waals surface area contributed by atoms with Crippen LogP contribution in [0.3, 0.4) is 0 Å². The van der Waals surface area contributed by atoms with Gasteiger partial charge < -0.3 is 9.05 Å². The largest absolute Gasteiger partial charge is 0.438 e. The normalized spacial score (nSPS) is 13.5. The van der Waals surface area contributed by atoms with Crippen molar-refractivity contribution in [1.29, 1.82) is 0 Å². The van der Waals surface area contributed by atoms with Gasteiger partial charge in [0.2, 0.25) is 0 Å². The van der Waals surface area contributed by atoms with Crippen LogP contribution in [0.5, 0.6) is 0 Å². The lowest BCUT2D eigenvalue weighted by molar-refractivity contribution is 0.199. The molecule has 6 heteroatoms. The highest BCUT2D eigenvalue weighted by molar-refractivity contribution is 6.70. The summed E-state index contributed by atoms with van der Waals surface area (Å²) in [5, 5.41) is 7.05. The molecule has 0 aliphatic heterocycles. The Bertz CT molecular complexity index is 142. The maximum atomic E-state index is 5.12. The molecule has 0 rings (SSSR count). The fourth-order valence-corrected chi connectivity index (χ4v) is 0.835. The van der Waals surface area contributed by atoms with Crippen molar-refractivity contribution in [2.24, 2.45) is 10.6 Å². The summed E-state index contributed by atoms with van der Waals surface area (Å²) in [5.74, 6) is 0. The van der Waals surface area contributed by atoms with Gasteiger partial charge in [0.25, 0.3) is 16.6 Å². The molecular weight excluding hydrogens is 188 g/mol. The van der Waals surface area contributed by atoms with E-state index in [0.717, 1.165) is 0 Å². The van der Waals surface area contributed by atoms with Crippen molar-refractivity contribution in [2.45, 2.75) is 39.3 Å². The summed E-state index contributed by atoms with van der Waals surface area (Å²) < 4.78 is 10.2. The molecule has 0 atom stereocenters. The predicted molar refractivity (Wildman–Crippen MR) is 53.7 cm³/mol. The Morgan fingerprint density at radius 2 is 0.917 bits per heavy atom. The van der Waals surface area contributed by atoms with Gasteiger partial charge in [-0.1, -0.05) is 0 Å². The average molecular weight is 206 g/mol. The lowest BCUT2D eigenvalue weighted by atomic mass is 11.8. The van der Waals surface area contributed by atoms with Crippen LogP contribution >= 0.6 is 0 Å². The van der Waals surface area contributed by atoms with Gasteiger partial charge in [0, 0.05) is 10.6 Å². The Balaban J connectivity index is 3.66. The van der Waals surface area contributed by atoms with E-state index in [1.807, 2.05) is 39.3 Å². The van der Waals surface area contributed by atoms with Gasteiger partial charge in [0.15, 0.2) is 0 Å². The fraction of sp³-hybridized carbons (Fsp3) is 1.00. The average Bonchev–Trinajstić information content (AvgIpc) is 1.76. The minimum absolute atomic E-state index is 1.58. The molecule has 0 spiro atoms. The van der Waals surface area contributed by atoms with Crippen LogP contribution in [-0.4, -0.2) is 16.6 Å². The van der Waals surface area contributed by atoms with E-state index in [0.29, 0.717) is 0 Å². The zero-order valence-electron chi connectivity index (χ0n) is 8.71. The number of hydrogen-bond donors (Lipinski definition) is 0. The molecule has 0 aliphatic rings. The molecule has 72 valence electrons. The molecule has 0 aromatic rings. The minimum atomic E-state index is -1.58. The first-order valence-corrected chi connectivity index (χ1v) is 10.8. The second-order valence-electron chi connectivity index (χ2n) is 4.57. The van der Waals surface area contributed by atoms with Crippen LogP contribution in [-0.2, 0) is 9.05 Å². The zero-order valence-corrected chi connectivity index (χ0v) is 10.7. The van der Waals surface area contributed by atoms with Gasteiger partial charge in [-0.15, -0.1) is 0 Å². The van der Waals surface area contributed by atoms with E-state index in [9.17, 15) is 0 Å². The van der Waals surface area contributed by atoms with Crippen molar-refractivity contribution in [1.82, 2.24) is 0 Å². The van der Waals surface area contributed by atoms with Crippen molar-refractivity contribution in [3.8, 4) is 0 Å². The fourth-order valence-electron chi connectivity index (χ4n) is 0.278. The maximum Gasteiger partial charge on any atom is 0.281 e. The number of hydrogen-bond acceptors (Lipinski definition) is 4. The van der Waals surface area contributed by atoms with Crippen molar-refractivity contribution >= 4 is 16.6 Å². The van der Waals surface area contributed by atoms with Gasteiger partial charge in [0.1, 0.15) is 0 Å². The lowest BCUT2D eigenvalue weighted by Crippen LogP contribution is -2.24. The van der Waals surface area contributed by atoms with Crippen molar-refractivity contribution in [3.05, 3.63) is 0 Å². The van der Waals surface area contributed by atoms with Gasteiger partial charge in [-0.05, 0) is 39.3 Å². The molecule has 12 heavy (non-hydrogen) atoms. The van der Waals surface area contributed by atoms with E-state index in [-0.39, 0.29) is 0 Å². The van der Waals surface area contributed by atoms with Crippen LogP contribution in [0.25, 0.3) is 0 Å². The molecule has 0 bridgehead atoms. The van der Waals surface area contributed by atoms with Crippen LogP contribution in [0.1, 0.15) is 0 Å². The summed E-state index contributed by atoms with van der Waals surface area (Å²) in [6.07, 6.45) is 0. The summed E-state index contributed by atoms with van der Waals surface area (Å²) >= 11 is 0. The molecule has 0 aliphatic carbocycles. The standard InChI is InChI=1S/C6H18N2O2Si2/c1-11(2,3)9-7-8-10-12(4,5)6/h1-6H3. The summed E-state index contributed by atoms with van der Waals surface area (Å²) in [4.78, 5) is 0. The van der Waals surface area contributed by atoms with E-state index in [2.05, 4.69) is 10.6 Å². The molecule has 0 heterocycles. The molecule has 0 saturated carbocycles. The predicted octanol–water partition coefficient (Wildman–Crippen LogP) is 2.97. The van der Waals surface area contributed by atoms with Crippen LogP contribution in [0.2, 0.25) is 39.3 Å². The highest BCUT2D eigenvalue weighted by Crippen LogP contribution is 2.06. The minimum Gasteiger partial charge on any atom is -0.438 e. The Morgan fingerprint density at radius 3 is 1.08 bits per heavy atom. The Hall–Kier alpha value is -0.366. The van der Waals surface area contributed by atoms with Gasteiger partial charge in [-0.25, -0.2) is 0 Å². The molecule has 0 saturated heterocycles. The molecule has 0 aromatic heterocycles. The first-order chi connectivity index (χ1) is 5.21. The summed E-state index contributed by atoms with van der Waals surface area (Å²) in [7, 11) is -3.16. The Morgan fingerprint density at radius 1 is 0.667 bits per heavy atom.